The monoisotopic (exact) mass is 578 g/mol. The zero-order valence-electron chi connectivity index (χ0n) is 24.9. The molecule has 1 saturated carbocycles. The molecule has 1 atom stereocenters. The van der Waals surface area contributed by atoms with Crippen LogP contribution in [-0.2, 0) is 14.3 Å². The molecule has 2 heterocycles. The number of ether oxygens (including phenoxy) is 4. The Morgan fingerprint density at radius 2 is 1.64 bits per heavy atom. The SMILES string of the molecule is COc1ccc(C2=NN(C(=O)CN(CCN3CCOCC3)C(=O)C3CCCC3)[C@@H](c3cc(OC)ccc3OC)C2)cc1. The lowest BCUT2D eigenvalue weighted by Gasteiger charge is -2.32. The number of rotatable bonds is 11. The molecule has 0 unspecified atom stereocenters. The van der Waals surface area contributed by atoms with Crippen molar-refractivity contribution in [2.24, 2.45) is 11.0 Å². The van der Waals surface area contributed by atoms with Gasteiger partial charge in [0, 0.05) is 44.1 Å². The van der Waals surface area contributed by atoms with Crippen LogP contribution in [0, 0.1) is 5.92 Å². The van der Waals surface area contributed by atoms with E-state index in [1.54, 1.807) is 31.2 Å². The summed E-state index contributed by atoms with van der Waals surface area (Å²) in [6.07, 6.45) is 4.37. The van der Waals surface area contributed by atoms with Crippen molar-refractivity contribution in [3.05, 3.63) is 53.6 Å². The van der Waals surface area contributed by atoms with Gasteiger partial charge in [-0.1, -0.05) is 12.8 Å². The summed E-state index contributed by atoms with van der Waals surface area (Å²) in [6.45, 7) is 4.23. The normalized spacial score (nSPS) is 19.5. The van der Waals surface area contributed by atoms with Crippen LogP contribution in [0.15, 0.2) is 47.6 Å². The van der Waals surface area contributed by atoms with Crippen molar-refractivity contribution in [1.29, 1.82) is 0 Å². The van der Waals surface area contributed by atoms with E-state index in [1.165, 1.54) is 0 Å². The summed E-state index contributed by atoms with van der Waals surface area (Å²) in [5, 5.41) is 6.40. The van der Waals surface area contributed by atoms with Crippen LogP contribution in [0.4, 0.5) is 0 Å². The van der Waals surface area contributed by atoms with Crippen LogP contribution >= 0.6 is 0 Å². The molecule has 42 heavy (non-hydrogen) atoms. The lowest BCUT2D eigenvalue weighted by molar-refractivity contribution is -0.144. The van der Waals surface area contributed by atoms with Gasteiger partial charge in [-0.3, -0.25) is 14.5 Å². The molecule has 2 aromatic carbocycles. The predicted octanol–water partition coefficient (Wildman–Crippen LogP) is 3.74. The molecule has 2 fully saturated rings. The molecule has 0 spiro atoms. The predicted molar refractivity (Wildman–Crippen MR) is 159 cm³/mol. The lowest BCUT2D eigenvalue weighted by atomic mass is 9.97. The molecule has 5 rings (SSSR count). The van der Waals surface area contributed by atoms with Crippen molar-refractivity contribution in [2.75, 3.05) is 67.3 Å². The Morgan fingerprint density at radius 3 is 2.31 bits per heavy atom. The molecule has 1 saturated heterocycles. The molecule has 226 valence electrons. The maximum atomic E-state index is 14.1. The molecule has 3 aliphatic rings. The van der Waals surface area contributed by atoms with Gasteiger partial charge >= 0.3 is 0 Å². The first-order chi connectivity index (χ1) is 20.5. The second kappa shape index (κ2) is 14.0. The summed E-state index contributed by atoms with van der Waals surface area (Å²) in [7, 11) is 4.86. The van der Waals surface area contributed by atoms with Gasteiger partial charge in [0.1, 0.15) is 23.8 Å². The summed E-state index contributed by atoms with van der Waals surface area (Å²) in [5.74, 6) is 1.90. The fourth-order valence-electron chi connectivity index (χ4n) is 6.06. The van der Waals surface area contributed by atoms with Gasteiger partial charge in [0.05, 0.1) is 46.3 Å². The Labute approximate surface area is 248 Å². The number of hydrogen-bond donors (Lipinski definition) is 0. The van der Waals surface area contributed by atoms with E-state index in [9.17, 15) is 9.59 Å². The molecule has 2 aliphatic heterocycles. The largest absolute Gasteiger partial charge is 0.497 e. The van der Waals surface area contributed by atoms with Crippen LogP contribution < -0.4 is 14.2 Å². The molecular formula is C32H42N4O6. The second-order valence-electron chi connectivity index (χ2n) is 11.0. The van der Waals surface area contributed by atoms with Crippen LogP contribution in [0.25, 0.3) is 0 Å². The minimum Gasteiger partial charge on any atom is -0.497 e. The first-order valence-electron chi connectivity index (χ1n) is 14.9. The van der Waals surface area contributed by atoms with Gasteiger partial charge in [0.25, 0.3) is 5.91 Å². The number of hydrogen-bond acceptors (Lipinski definition) is 8. The van der Waals surface area contributed by atoms with Crippen molar-refractivity contribution in [2.45, 2.75) is 38.1 Å². The third kappa shape index (κ3) is 6.87. The second-order valence-corrected chi connectivity index (χ2v) is 11.0. The van der Waals surface area contributed by atoms with Gasteiger partial charge in [-0.25, -0.2) is 5.01 Å². The maximum Gasteiger partial charge on any atom is 0.262 e. The molecule has 2 amide bonds. The number of methoxy groups -OCH3 is 3. The zero-order chi connectivity index (χ0) is 29.5. The van der Waals surface area contributed by atoms with Crippen molar-refractivity contribution in [3.8, 4) is 17.2 Å². The molecule has 0 N–H and O–H groups in total. The van der Waals surface area contributed by atoms with E-state index in [-0.39, 0.29) is 24.3 Å². The third-order valence-electron chi connectivity index (χ3n) is 8.52. The minimum atomic E-state index is -0.415. The van der Waals surface area contributed by atoms with E-state index in [0.29, 0.717) is 44.2 Å². The molecule has 0 bridgehead atoms. The minimum absolute atomic E-state index is 0.0197. The fourth-order valence-corrected chi connectivity index (χ4v) is 6.06. The highest BCUT2D eigenvalue weighted by Gasteiger charge is 2.37. The van der Waals surface area contributed by atoms with Crippen molar-refractivity contribution in [1.82, 2.24) is 14.8 Å². The van der Waals surface area contributed by atoms with Crippen LogP contribution in [0.1, 0.15) is 49.3 Å². The van der Waals surface area contributed by atoms with E-state index in [4.69, 9.17) is 24.0 Å². The average Bonchev–Trinajstić information content (AvgIpc) is 3.74. The first kappa shape index (κ1) is 29.8. The fraction of sp³-hybridized carbons (Fsp3) is 0.531. The Balaban J connectivity index is 1.43. The molecule has 1 aliphatic carbocycles. The summed E-state index contributed by atoms with van der Waals surface area (Å²) >= 11 is 0. The lowest BCUT2D eigenvalue weighted by Crippen LogP contribution is -2.48. The number of hydrazone groups is 1. The standard InChI is InChI=1S/C32H42N4O6/c1-39-25-10-8-23(9-11-25)28-21-29(27-20-26(40-2)12-13-30(27)41-3)36(33-28)31(37)22-35(32(38)24-6-4-5-7-24)15-14-34-16-18-42-19-17-34/h8-13,20,24,29H,4-7,14-19,21-22H2,1-3H3/t29-/m1/s1. The van der Waals surface area contributed by atoms with Gasteiger partial charge in [-0.2, -0.15) is 5.10 Å². The Kier molecular flexibility index (Phi) is 9.97. The van der Waals surface area contributed by atoms with E-state index in [0.717, 1.165) is 61.4 Å². The Hall–Kier alpha value is -3.63. The van der Waals surface area contributed by atoms with Gasteiger partial charge in [-0.15, -0.1) is 0 Å². The summed E-state index contributed by atoms with van der Waals surface area (Å²) in [5.41, 5.74) is 2.49. The number of carbonyl (C=O) groups is 2. The summed E-state index contributed by atoms with van der Waals surface area (Å²) in [6, 6.07) is 12.8. The van der Waals surface area contributed by atoms with Crippen LogP contribution in [0.5, 0.6) is 17.2 Å². The number of amides is 2. The number of morpholine rings is 1. The summed E-state index contributed by atoms with van der Waals surface area (Å²) < 4.78 is 22.0. The molecular weight excluding hydrogens is 536 g/mol. The first-order valence-corrected chi connectivity index (χ1v) is 14.9. The third-order valence-corrected chi connectivity index (χ3v) is 8.52. The van der Waals surface area contributed by atoms with Crippen molar-refractivity contribution >= 4 is 17.5 Å². The topological polar surface area (TPSA) is 93.1 Å². The van der Waals surface area contributed by atoms with Crippen LogP contribution in [0.3, 0.4) is 0 Å². The zero-order valence-corrected chi connectivity index (χ0v) is 24.9. The number of nitrogens with zero attached hydrogens (tertiary/aromatic N) is 4. The van der Waals surface area contributed by atoms with Gasteiger partial charge in [0.15, 0.2) is 0 Å². The molecule has 10 heteroatoms. The molecule has 10 nitrogen and oxygen atoms in total. The van der Waals surface area contributed by atoms with Crippen molar-refractivity contribution < 1.29 is 28.5 Å². The number of carbonyl (C=O) groups excluding carboxylic acids is 2. The molecule has 0 aromatic heterocycles. The van der Waals surface area contributed by atoms with E-state index in [1.807, 2.05) is 42.5 Å². The smallest absolute Gasteiger partial charge is 0.262 e. The molecule has 0 radical (unpaired) electrons. The van der Waals surface area contributed by atoms with Gasteiger partial charge in [-0.05, 0) is 60.9 Å². The Bertz CT molecular complexity index is 1250. The molecule has 2 aromatic rings. The maximum absolute atomic E-state index is 14.1. The van der Waals surface area contributed by atoms with Gasteiger partial charge in [0.2, 0.25) is 5.91 Å². The van der Waals surface area contributed by atoms with E-state index in [2.05, 4.69) is 4.90 Å². The van der Waals surface area contributed by atoms with E-state index < -0.39 is 6.04 Å². The Morgan fingerprint density at radius 1 is 0.952 bits per heavy atom. The van der Waals surface area contributed by atoms with Crippen LogP contribution in [0.2, 0.25) is 0 Å². The quantitative estimate of drug-likeness (QED) is 0.401. The highest BCUT2D eigenvalue weighted by atomic mass is 16.5. The van der Waals surface area contributed by atoms with E-state index >= 15 is 0 Å². The summed E-state index contributed by atoms with van der Waals surface area (Å²) in [4.78, 5) is 31.9. The highest BCUT2D eigenvalue weighted by Crippen LogP contribution is 2.39. The average molecular weight is 579 g/mol. The van der Waals surface area contributed by atoms with Crippen LogP contribution in [-0.4, -0.2) is 99.6 Å². The number of benzene rings is 2. The van der Waals surface area contributed by atoms with Crippen molar-refractivity contribution in [3.63, 3.8) is 0 Å². The highest BCUT2D eigenvalue weighted by molar-refractivity contribution is 6.03. The van der Waals surface area contributed by atoms with Gasteiger partial charge < -0.3 is 23.8 Å².